The summed E-state index contributed by atoms with van der Waals surface area (Å²) in [5.74, 6) is -0.740. The molecule has 11 heteroatoms. The van der Waals surface area contributed by atoms with E-state index in [4.69, 9.17) is 4.74 Å². The first kappa shape index (κ1) is 25.7. The average Bonchev–Trinajstić information content (AvgIpc) is 3.54. The standard InChI is InChI=1S/C27H23F2N5O2S2/c1-2-34-14-21(31-15-34)24-13-20-26(38-24)23(9-10-30-20)36-22-8-7-18(12-19(22)29)32-27(37)33-25(35)11-16-3-5-17(28)6-4-16/h3-10,12-15,27,32,37H,2,11H2,1H3,(H,33,35). The summed E-state index contributed by atoms with van der Waals surface area (Å²) in [6, 6.07) is 13.7. The van der Waals surface area contributed by atoms with Crippen LogP contribution in [0, 0.1) is 11.6 Å². The second-order valence-electron chi connectivity index (χ2n) is 8.39. The van der Waals surface area contributed by atoms with Crippen molar-refractivity contribution < 1.29 is 18.3 Å². The van der Waals surface area contributed by atoms with Gasteiger partial charge in [-0.05, 0) is 42.8 Å². The fourth-order valence-corrected chi connectivity index (χ4v) is 5.08. The highest BCUT2D eigenvalue weighted by Gasteiger charge is 2.15. The van der Waals surface area contributed by atoms with Crippen molar-refractivity contribution in [3.05, 3.63) is 90.5 Å². The third-order valence-corrected chi connectivity index (χ3v) is 7.08. The van der Waals surface area contributed by atoms with Gasteiger partial charge in [0.15, 0.2) is 11.6 Å². The summed E-state index contributed by atoms with van der Waals surface area (Å²) < 4.78 is 36.7. The van der Waals surface area contributed by atoms with Crippen LogP contribution in [0.15, 0.2) is 73.3 Å². The van der Waals surface area contributed by atoms with Crippen LogP contribution in [0.4, 0.5) is 14.5 Å². The number of thiol groups is 1. The summed E-state index contributed by atoms with van der Waals surface area (Å²) in [5.41, 5.74) is 1.88. The van der Waals surface area contributed by atoms with Crippen molar-refractivity contribution >= 4 is 45.8 Å². The van der Waals surface area contributed by atoms with Gasteiger partial charge in [-0.3, -0.25) is 9.78 Å². The van der Waals surface area contributed by atoms with Crippen LogP contribution in [-0.4, -0.2) is 25.9 Å². The molecule has 3 aromatic heterocycles. The van der Waals surface area contributed by atoms with Gasteiger partial charge in [0.1, 0.15) is 17.1 Å². The largest absolute Gasteiger partial charge is 0.453 e. The number of aryl methyl sites for hydroxylation is 1. The number of carbonyl (C=O) groups excluding carboxylic acids is 1. The molecule has 2 N–H and O–H groups in total. The number of carbonyl (C=O) groups is 1. The summed E-state index contributed by atoms with van der Waals surface area (Å²) >= 11 is 5.79. The highest BCUT2D eigenvalue weighted by atomic mass is 32.1. The van der Waals surface area contributed by atoms with Gasteiger partial charge in [0.05, 0.1) is 33.5 Å². The van der Waals surface area contributed by atoms with Gasteiger partial charge in [-0.25, -0.2) is 13.8 Å². The molecule has 0 aliphatic carbocycles. The molecule has 5 aromatic rings. The van der Waals surface area contributed by atoms with E-state index < -0.39 is 11.3 Å². The molecule has 0 spiro atoms. The molecule has 1 unspecified atom stereocenters. The van der Waals surface area contributed by atoms with Gasteiger partial charge in [0.2, 0.25) is 5.91 Å². The van der Waals surface area contributed by atoms with Gasteiger partial charge in [-0.2, -0.15) is 0 Å². The van der Waals surface area contributed by atoms with Crippen LogP contribution in [0.2, 0.25) is 0 Å². The molecule has 7 nitrogen and oxygen atoms in total. The van der Waals surface area contributed by atoms with Crippen LogP contribution in [0.25, 0.3) is 20.8 Å². The molecular formula is C27H23F2N5O2S2. The van der Waals surface area contributed by atoms with E-state index in [-0.39, 0.29) is 23.9 Å². The summed E-state index contributed by atoms with van der Waals surface area (Å²) in [5, 5.41) is 5.58. The Morgan fingerprint density at radius 1 is 1.11 bits per heavy atom. The lowest BCUT2D eigenvalue weighted by Crippen LogP contribution is -2.37. The zero-order valence-corrected chi connectivity index (χ0v) is 21.9. The number of hydrogen-bond donors (Lipinski definition) is 3. The Labute approximate surface area is 226 Å². The minimum absolute atomic E-state index is 0.0457. The predicted molar refractivity (Wildman–Crippen MR) is 148 cm³/mol. The number of halogens is 2. The van der Waals surface area contributed by atoms with Gasteiger partial charge in [-0.1, -0.05) is 12.1 Å². The number of imidazole rings is 1. The highest BCUT2D eigenvalue weighted by molar-refractivity contribution is 7.81. The van der Waals surface area contributed by atoms with Crippen molar-refractivity contribution in [2.75, 3.05) is 5.32 Å². The summed E-state index contributed by atoms with van der Waals surface area (Å²) in [4.78, 5) is 22.0. The number of rotatable bonds is 9. The molecule has 194 valence electrons. The zero-order chi connectivity index (χ0) is 26.6. The Morgan fingerprint density at radius 3 is 2.66 bits per heavy atom. The Morgan fingerprint density at radius 2 is 1.92 bits per heavy atom. The Bertz CT molecular complexity index is 1590. The number of hydrogen-bond acceptors (Lipinski definition) is 7. The summed E-state index contributed by atoms with van der Waals surface area (Å²) in [7, 11) is 0. The van der Waals surface area contributed by atoms with Gasteiger partial charge in [0, 0.05) is 36.8 Å². The number of ether oxygens (including phenoxy) is 1. The van der Waals surface area contributed by atoms with Crippen molar-refractivity contribution in [1.82, 2.24) is 19.9 Å². The van der Waals surface area contributed by atoms with Crippen LogP contribution < -0.4 is 15.4 Å². The lowest BCUT2D eigenvalue weighted by atomic mass is 10.1. The molecule has 0 radical (unpaired) electrons. The second kappa shape index (κ2) is 11.2. The maximum atomic E-state index is 14.9. The fourth-order valence-electron chi connectivity index (χ4n) is 3.76. The van der Waals surface area contributed by atoms with E-state index in [0.29, 0.717) is 17.0 Å². The van der Waals surface area contributed by atoms with E-state index in [1.54, 1.807) is 24.7 Å². The molecule has 1 amide bonds. The monoisotopic (exact) mass is 551 g/mol. The van der Waals surface area contributed by atoms with E-state index >= 15 is 0 Å². The molecular weight excluding hydrogens is 528 g/mol. The third-order valence-electron chi connectivity index (χ3n) is 5.66. The number of fused-ring (bicyclic) bond motifs is 1. The predicted octanol–water partition coefficient (Wildman–Crippen LogP) is 6.23. The van der Waals surface area contributed by atoms with Gasteiger partial charge >= 0.3 is 0 Å². The molecule has 1 atom stereocenters. The second-order valence-corrected chi connectivity index (χ2v) is 9.96. The number of anilines is 1. The molecule has 5 rings (SSSR count). The number of amides is 1. The number of pyridine rings is 1. The van der Waals surface area contributed by atoms with E-state index in [9.17, 15) is 13.6 Å². The topological polar surface area (TPSA) is 81.1 Å². The molecule has 3 heterocycles. The number of aromatic nitrogens is 3. The van der Waals surface area contributed by atoms with E-state index in [1.807, 2.05) is 23.8 Å². The Hall–Kier alpha value is -3.96. The first-order chi connectivity index (χ1) is 18.4. The fraction of sp³-hybridized carbons (Fsp3) is 0.148. The Kier molecular flexibility index (Phi) is 7.57. The SMILES string of the molecule is CCn1cnc(-c2cc3nccc(Oc4ccc(NC(S)NC(=O)Cc5ccc(F)cc5)cc4F)c3s2)c1. The first-order valence-corrected chi connectivity index (χ1v) is 13.1. The number of nitrogens with one attached hydrogen (secondary N) is 2. The van der Waals surface area contributed by atoms with Crippen LogP contribution in [0.3, 0.4) is 0 Å². The molecule has 0 saturated carbocycles. The third kappa shape index (κ3) is 5.95. The van der Waals surface area contributed by atoms with E-state index in [1.165, 1.54) is 47.7 Å². The van der Waals surface area contributed by atoms with Crippen molar-refractivity contribution in [3.8, 4) is 22.1 Å². The van der Waals surface area contributed by atoms with Crippen molar-refractivity contribution in [1.29, 1.82) is 0 Å². The lowest BCUT2D eigenvalue weighted by molar-refractivity contribution is -0.120. The first-order valence-electron chi connectivity index (χ1n) is 11.7. The number of benzene rings is 2. The molecule has 38 heavy (non-hydrogen) atoms. The molecule has 0 aliphatic heterocycles. The van der Waals surface area contributed by atoms with Crippen LogP contribution >= 0.6 is 24.0 Å². The van der Waals surface area contributed by atoms with Gasteiger partial charge < -0.3 is 19.9 Å². The molecule has 2 aromatic carbocycles. The number of thiophene rings is 1. The normalized spacial score (nSPS) is 11.9. The minimum Gasteiger partial charge on any atom is -0.453 e. The van der Waals surface area contributed by atoms with Crippen LogP contribution in [-0.2, 0) is 17.8 Å². The molecule has 0 fully saturated rings. The molecule has 0 bridgehead atoms. The maximum Gasteiger partial charge on any atom is 0.226 e. The van der Waals surface area contributed by atoms with E-state index in [0.717, 1.165) is 27.3 Å². The van der Waals surface area contributed by atoms with Crippen molar-refractivity contribution in [2.24, 2.45) is 0 Å². The summed E-state index contributed by atoms with van der Waals surface area (Å²) in [6.07, 6.45) is 5.43. The van der Waals surface area contributed by atoms with Crippen molar-refractivity contribution in [2.45, 2.75) is 25.4 Å². The van der Waals surface area contributed by atoms with E-state index in [2.05, 4.69) is 33.2 Å². The smallest absolute Gasteiger partial charge is 0.226 e. The highest BCUT2D eigenvalue weighted by Crippen LogP contribution is 2.39. The Balaban J connectivity index is 1.25. The van der Waals surface area contributed by atoms with Crippen molar-refractivity contribution in [3.63, 3.8) is 0 Å². The lowest BCUT2D eigenvalue weighted by Gasteiger charge is -2.17. The van der Waals surface area contributed by atoms with Gasteiger partial charge in [-0.15, -0.1) is 24.0 Å². The number of nitrogens with zero attached hydrogens (tertiary/aromatic N) is 3. The average molecular weight is 552 g/mol. The van der Waals surface area contributed by atoms with Gasteiger partial charge in [0.25, 0.3) is 0 Å². The summed E-state index contributed by atoms with van der Waals surface area (Å²) in [6.45, 7) is 2.87. The van der Waals surface area contributed by atoms with Crippen LogP contribution in [0.5, 0.6) is 11.5 Å². The molecule has 0 saturated heterocycles. The minimum atomic E-state index is -0.769. The molecule has 0 aliphatic rings. The van der Waals surface area contributed by atoms with Crippen LogP contribution in [0.1, 0.15) is 12.5 Å². The maximum absolute atomic E-state index is 14.9. The quantitative estimate of drug-likeness (QED) is 0.149. The zero-order valence-electron chi connectivity index (χ0n) is 20.2.